The van der Waals surface area contributed by atoms with Gasteiger partial charge in [0.25, 0.3) is 0 Å². The Balaban J connectivity index is 2.69. The lowest BCUT2D eigenvalue weighted by Gasteiger charge is -1.95. The van der Waals surface area contributed by atoms with Crippen molar-refractivity contribution in [3.63, 3.8) is 0 Å². The molecule has 0 aliphatic carbocycles. The van der Waals surface area contributed by atoms with Gasteiger partial charge in [-0.25, -0.2) is 0 Å². The lowest BCUT2D eigenvalue weighted by molar-refractivity contribution is 0.761. The van der Waals surface area contributed by atoms with Gasteiger partial charge in [-0.15, -0.1) is 11.3 Å². The summed E-state index contributed by atoms with van der Waals surface area (Å²) in [5.74, 6) is 0. The van der Waals surface area contributed by atoms with E-state index in [9.17, 15) is 0 Å². The van der Waals surface area contributed by atoms with E-state index < -0.39 is 0 Å². The molecule has 1 rings (SSSR count). The first-order valence-corrected chi connectivity index (χ1v) is 4.43. The van der Waals surface area contributed by atoms with Gasteiger partial charge in [0.05, 0.1) is 15.9 Å². The summed E-state index contributed by atoms with van der Waals surface area (Å²) in [6.07, 6.45) is 0. The standard InChI is InChI=1S/C6H6Cl2N2S/c1-9-10-3-5-4(7)2-6(8)11-5/h2,10H,1,3H2. The number of hydrogen-bond acceptors (Lipinski definition) is 3. The molecule has 60 valence electrons. The molecule has 0 aromatic carbocycles. The molecule has 2 nitrogen and oxygen atoms in total. The lowest BCUT2D eigenvalue weighted by atomic mass is 10.5. The highest BCUT2D eigenvalue weighted by atomic mass is 35.5. The summed E-state index contributed by atoms with van der Waals surface area (Å²) >= 11 is 12.9. The molecule has 0 spiro atoms. The molecule has 0 bridgehead atoms. The van der Waals surface area contributed by atoms with Crippen molar-refractivity contribution >= 4 is 41.3 Å². The monoisotopic (exact) mass is 208 g/mol. The number of thiophene rings is 1. The molecule has 0 atom stereocenters. The van der Waals surface area contributed by atoms with Crippen molar-refractivity contribution in [3.05, 3.63) is 20.3 Å². The summed E-state index contributed by atoms with van der Waals surface area (Å²) in [7, 11) is 0. The van der Waals surface area contributed by atoms with Gasteiger partial charge in [-0.2, -0.15) is 5.10 Å². The van der Waals surface area contributed by atoms with E-state index in [0.29, 0.717) is 15.9 Å². The van der Waals surface area contributed by atoms with Gasteiger partial charge in [-0.05, 0) is 6.07 Å². The van der Waals surface area contributed by atoms with E-state index >= 15 is 0 Å². The van der Waals surface area contributed by atoms with E-state index in [-0.39, 0.29) is 0 Å². The number of hydrazone groups is 1. The van der Waals surface area contributed by atoms with E-state index in [1.807, 2.05) is 0 Å². The van der Waals surface area contributed by atoms with Gasteiger partial charge < -0.3 is 5.43 Å². The minimum Gasteiger partial charge on any atom is -0.305 e. The van der Waals surface area contributed by atoms with Crippen LogP contribution in [0.15, 0.2) is 11.2 Å². The van der Waals surface area contributed by atoms with Gasteiger partial charge in [0.15, 0.2) is 0 Å². The van der Waals surface area contributed by atoms with Crippen molar-refractivity contribution in [1.29, 1.82) is 0 Å². The summed E-state index contributed by atoms with van der Waals surface area (Å²) < 4.78 is 0.691. The maximum Gasteiger partial charge on any atom is 0.0947 e. The summed E-state index contributed by atoms with van der Waals surface area (Å²) in [5.41, 5.74) is 2.70. The molecule has 0 saturated carbocycles. The quantitative estimate of drug-likeness (QED) is 0.600. The second-order valence-electron chi connectivity index (χ2n) is 1.81. The number of halogens is 2. The zero-order chi connectivity index (χ0) is 8.27. The summed E-state index contributed by atoms with van der Waals surface area (Å²) in [6, 6.07) is 1.72. The predicted molar refractivity (Wildman–Crippen MR) is 50.7 cm³/mol. The van der Waals surface area contributed by atoms with Gasteiger partial charge in [-0.1, -0.05) is 23.2 Å². The third-order valence-corrected chi connectivity index (χ3v) is 2.79. The fourth-order valence-corrected chi connectivity index (χ4v) is 2.13. The van der Waals surface area contributed by atoms with E-state index in [0.717, 1.165) is 4.88 Å². The smallest absolute Gasteiger partial charge is 0.0947 e. The van der Waals surface area contributed by atoms with Gasteiger partial charge in [-0.3, -0.25) is 0 Å². The fraction of sp³-hybridized carbons (Fsp3) is 0.167. The molecule has 5 heteroatoms. The van der Waals surface area contributed by atoms with Crippen molar-refractivity contribution in [2.75, 3.05) is 0 Å². The third-order valence-electron chi connectivity index (χ3n) is 1.08. The van der Waals surface area contributed by atoms with Crippen LogP contribution in [0.5, 0.6) is 0 Å². The highest BCUT2D eigenvalue weighted by Crippen LogP contribution is 2.30. The van der Waals surface area contributed by atoms with Crippen LogP contribution < -0.4 is 5.43 Å². The Bertz CT molecular complexity index is 259. The van der Waals surface area contributed by atoms with Crippen molar-refractivity contribution in [2.24, 2.45) is 5.10 Å². The average molecular weight is 209 g/mol. The van der Waals surface area contributed by atoms with Crippen LogP contribution in [0.4, 0.5) is 0 Å². The molecule has 0 saturated heterocycles. The molecule has 11 heavy (non-hydrogen) atoms. The zero-order valence-corrected chi connectivity index (χ0v) is 7.93. The normalized spacial score (nSPS) is 9.64. The number of hydrogen-bond donors (Lipinski definition) is 1. The molecule has 1 heterocycles. The molecule has 0 fully saturated rings. The summed E-state index contributed by atoms with van der Waals surface area (Å²) in [6.45, 7) is 3.86. The van der Waals surface area contributed by atoms with Crippen LogP contribution in [0.25, 0.3) is 0 Å². The molecular weight excluding hydrogens is 203 g/mol. The maximum atomic E-state index is 5.80. The molecule has 0 aliphatic heterocycles. The molecule has 0 amide bonds. The first-order chi connectivity index (χ1) is 5.24. The highest BCUT2D eigenvalue weighted by Gasteiger charge is 2.03. The van der Waals surface area contributed by atoms with E-state index in [1.165, 1.54) is 11.3 Å². The second kappa shape index (κ2) is 3.95. The van der Waals surface area contributed by atoms with E-state index in [1.54, 1.807) is 6.07 Å². The second-order valence-corrected chi connectivity index (χ2v) is 3.99. The fourth-order valence-electron chi connectivity index (χ4n) is 0.624. The Morgan fingerprint density at radius 2 is 2.36 bits per heavy atom. The zero-order valence-electron chi connectivity index (χ0n) is 5.60. The number of rotatable bonds is 3. The van der Waals surface area contributed by atoms with Crippen LogP contribution in [0.3, 0.4) is 0 Å². The molecular formula is C6H6Cl2N2S. The Kier molecular flexibility index (Phi) is 3.17. The number of nitrogens with zero attached hydrogens (tertiary/aromatic N) is 1. The topological polar surface area (TPSA) is 24.4 Å². The van der Waals surface area contributed by atoms with E-state index in [2.05, 4.69) is 17.2 Å². The SMILES string of the molecule is C=NNCc1sc(Cl)cc1Cl. The largest absolute Gasteiger partial charge is 0.305 e. The van der Waals surface area contributed by atoms with Gasteiger partial charge >= 0.3 is 0 Å². The van der Waals surface area contributed by atoms with Crippen molar-refractivity contribution in [3.8, 4) is 0 Å². The van der Waals surface area contributed by atoms with Crippen molar-refractivity contribution < 1.29 is 0 Å². The minimum atomic E-state index is 0.583. The highest BCUT2D eigenvalue weighted by molar-refractivity contribution is 7.16. The Morgan fingerprint density at radius 3 is 2.82 bits per heavy atom. The average Bonchev–Trinajstić information content (AvgIpc) is 2.26. The van der Waals surface area contributed by atoms with Crippen molar-refractivity contribution in [1.82, 2.24) is 5.43 Å². The maximum absolute atomic E-state index is 5.80. The lowest BCUT2D eigenvalue weighted by Crippen LogP contribution is -2.01. The molecule has 0 radical (unpaired) electrons. The van der Waals surface area contributed by atoms with Crippen LogP contribution in [0.2, 0.25) is 9.36 Å². The van der Waals surface area contributed by atoms with E-state index in [4.69, 9.17) is 23.2 Å². The van der Waals surface area contributed by atoms with Gasteiger partial charge in [0.1, 0.15) is 0 Å². The van der Waals surface area contributed by atoms with Crippen LogP contribution in [0.1, 0.15) is 4.88 Å². The van der Waals surface area contributed by atoms with Crippen LogP contribution in [-0.2, 0) is 6.54 Å². The predicted octanol–water partition coefficient (Wildman–Crippen LogP) is 2.76. The Hall–Kier alpha value is -0.250. The minimum absolute atomic E-state index is 0.583. The van der Waals surface area contributed by atoms with Crippen LogP contribution in [0, 0.1) is 0 Å². The van der Waals surface area contributed by atoms with Crippen LogP contribution in [-0.4, -0.2) is 6.72 Å². The molecule has 0 aliphatic rings. The molecule has 1 N–H and O–H groups in total. The van der Waals surface area contributed by atoms with Gasteiger partial charge in [0, 0.05) is 11.6 Å². The third kappa shape index (κ3) is 2.36. The first-order valence-electron chi connectivity index (χ1n) is 2.86. The first kappa shape index (κ1) is 8.84. The Morgan fingerprint density at radius 1 is 1.64 bits per heavy atom. The van der Waals surface area contributed by atoms with Crippen LogP contribution >= 0.6 is 34.5 Å². The molecule has 0 unspecified atom stereocenters. The number of nitrogens with one attached hydrogen (secondary N) is 1. The van der Waals surface area contributed by atoms with Crippen molar-refractivity contribution in [2.45, 2.75) is 6.54 Å². The molecule has 1 aromatic heterocycles. The summed E-state index contributed by atoms with van der Waals surface area (Å²) in [4.78, 5) is 0.976. The molecule has 1 aromatic rings. The summed E-state index contributed by atoms with van der Waals surface area (Å²) in [5, 5.41) is 4.16. The Labute approximate surface area is 78.8 Å². The van der Waals surface area contributed by atoms with Gasteiger partial charge in [0.2, 0.25) is 0 Å².